The number of alkyl halides is 2. The fraction of sp³-hybridized carbons (Fsp3) is 0.385. The molecule has 0 aliphatic carbocycles. The third-order valence-corrected chi connectivity index (χ3v) is 2.83. The van der Waals surface area contributed by atoms with Gasteiger partial charge in [-0.25, -0.2) is 0 Å². The van der Waals surface area contributed by atoms with E-state index >= 15 is 0 Å². The zero-order chi connectivity index (χ0) is 14.4. The van der Waals surface area contributed by atoms with Crippen LogP contribution in [0, 0.1) is 0 Å². The summed E-state index contributed by atoms with van der Waals surface area (Å²) >= 11 is 0. The third-order valence-electron chi connectivity index (χ3n) is 2.83. The van der Waals surface area contributed by atoms with Crippen LogP contribution in [0.4, 0.5) is 8.78 Å². The van der Waals surface area contributed by atoms with Crippen LogP contribution in [-0.4, -0.2) is 27.9 Å². The van der Waals surface area contributed by atoms with Crippen LogP contribution >= 0.6 is 0 Å². The van der Waals surface area contributed by atoms with E-state index in [1.165, 1.54) is 6.07 Å². The summed E-state index contributed by atoms with van der Waals surface area (Å²) in [6.07, 6.45) is 2.36. The summed E-state index contributed by atoms with van der Waals surface area (Å²) in [5.74, 6) is 1.07. The molecule has 1 aromatic carbocycles. The van der Waals surface area contributed by atoms with Crippen molar-refractivity contribution in [3.8, 4) is 5.75 Å². The van der Waals surface area contributed by atoms with Gasteiger partial charge in [-0.3, -0.25) is 0 Å². The van der Waals surface area contributed by atoms with Crippen LogP contribution < -0.4 is 10.1 Å². The second-order valence-corrected chi connectivity index (χ2v) is 4.27. The Hall–Kier alpha value is -2.02. The second-order valence-electron chi connectivity index (χ2n) is 4.27. The molecule has 1 heterocycles. The van der Waals surface area contributed by atoms with Crippen molar-refractivity contribution in [3.05, 3.63) is 42.0 Å². The maximum Gasteiger partial charge on any atom is 0.387 e. The van der Waals surface area contributed by atoms with Crippen molar-refractivity contribution in [3.63, 3.8) is 0 Å². The third kappa shape index (κ3) is 3.99. The first-order valence-electron chi connectivity index (χ1n) is 6.23. The van der Waals surface area contributed by atoms with Gasteiger partial charge in [-0.2, -0.15) is 8.78 Å². The summed E-state index contributed by atoms with van der Waals surface area (Å²) in [7, 11) is 1.88. The van der Waals surface area contributed by atoms with E-state index in [0.717, 1.165) is 5.82 Å². The minimum Gasteiger partial charge on any atom is -0.434 e. The molecule has 1 N–H and O–H groups in total. The topological polar surface area (TPSA) is 52.0 Å². The van der Waals surface area contributed by atoms with Gasteiger partial charge in [0.25, 0.3) is 0 Å². The van der Waals surface area contributed by atoms with Crippen LogP contribution in [0.5, 0.6) is 5.75 Å². The predicted molar refractivity (Wildman–Crippen MR) is 69.5 cm³/mol. The molecule has 0 saturated carbocycles. The number of hydrogen-bond acceptors (Lipinski definition) is 4. The summed E-state index contributed by atoms with van der Waals surface area (Å²) in [4.78, 5) is 0. The van der Waals surface area contributed by atoms with E-state index < -0.39 is 6.61 Å². The van der Waals surface area contributed by atoms with Crippen LogP contribution in [-0.2, 0) is 20.0 Å². The average Bonchev–Trinajstić information content (AvgIpc) is 2.81. The molecule has 0 amide bonds. The van der Waals surface area contributed by atoms with Crippen molar-refractivity contribution in [2.24, 2.45) is 7.05 Å². The summed E-state index contributed by atoms with van der Waals surface area (Å²) in [5, 5.41) is 10.9. The van der Waals surface area contributed by atoms with E-state index in [1.807, 2.05) is 11.6 Å². The van der Waals surface area contributed by atoms with Gasteiger partial charge in [-0.05, 0) is 6.07 Å². The smallest absolute Gasteiger partial charge is 0.387 e. The Morgan fingerprint density at radius 3 is 2.85 bits per heavy atom. The Labute approximate surface area is 115 Å². The van der Waals surface area contributed by atoms with Gasteiger partial charge >= 0.3 is 6.61 Å². The first-order valence-corrected chi connectivity index (χ1v) is 6.23. The zero-order valence-corrected chi connectivity index (χ0v) is 11.1. The lowest BCUT2D eigenvalue weighted by molar-refractivity contribution is -0.0504. The molecule has 20 heavy (non-hydrogen) atoms. The van der Waals surface area contributed by atoms with Crippen molar-refractivity contribution in [2.45, 2.75) is 19.6 Å². The molecule has 0 atom stereocenters. The maximum absolute atomic E-state index is 12.3. The van der Waals surface area contributed by atoms with Crippen molar-refractivity contribution in [1.29, 1.82) is 0 Å². The normalized spacial score (nSPS) is 11.0. The fourth-order valence-corrected chi connectivity index (χ4v) is 1.82. The predicted octanol–water partition coefficient (Wildman–Crippen LogP) is 1.75. The Morgan fingerprint density at radius 2 is 2.15 bits per heavy atom. The summed E-state index contributed by atoms with van der Waals surface area (Å²) in [5.41, 5.74) is 0.700. The van der Waals surface area contributed by atoms with Crippen LogP contribution in [0.25, 0.3) is 0 Å². The Bertz CT molecular complexity index is 545. The zero-order valence-electron chi connectivity index (χ0n) is 11.1. The first kappa shape index (κ1) is 14.4. The maximum atomic E-state index is 12.3. The molecule has 7 heteroatoms. The lowest BCUT2D eigenvalue weighted by atomic mass is 10.2. The highest BCUT2D eigenvalue weighted by Gasteiger charge is 2.08. The number of halogens is 2. The number of aromatic nitrogens is 3. The van der Waals surface area contributed by atoms with Gasteiger partial charge in [0.05, 0.1) is 0 Å². The number of ether oxygens (including phenoxy) is 1. The van der Waals surface area contributed by atoms with Crippen molar-refractivity contribution < 1.29 is 13.5 Å². The van der Waals surface area contributed by atoms with Gasteiger partial charge in [-0.15, -0.1) is 10.2 Å². The molecule has 0 aliphatic rings. The molecule has 0 radical (unpaired) electrons. The highest BCUT2D eigenvalue weighted by molar-refractivity contribution is 5.33. The molecule has 0 bridgehead atoms. The molecule has 0 fully saturated rings. The molecular weight excluding hydrogens is 266 g/mol. The number of aryl methyl sites for hydroxylation is 1. The lowest BCUT2D eigenvalue weighted by Crippen LogP contribution is -2.19. The number of rotatable bonds is 7. The molecule has 0 unspecified atom stereocenters. The quantitative estimate of drug-likeness (QED) is 0.786. The number of nitrogens with one attached hydrogen (secondary N) is 1. The van der Waals surface area contributed by atoms with E-state index in [-0.39, 0.29) is 5.75 Å². The molecule has 0 aliphatic heterocycles. The summed E-state index contributed by atoms with van der Waals surface area (Å²) < 4.78 is 30.8. The number of benzene rings is 1. The summed E-state index contributed by atoms with van der Waals surface area (Å²) in [6, 6.07) is 6.75. The Balaban J connectivity index is 1.83. The van der Waals surface area contributed by atoms with Gasteiger partial charge in [0.1, 0.15) is 17.9 Å². The molecule has 2 aromatic rings. The molecule has 1 aromatic heterocycles. The standard InChI is InChI=1S/C13H16F2N4O/c1-19-9-17-18-12(19)6-7-16-8-10-4-2-3-5-11(10)20-13(14)15/h2-5,9,13,16H,6-8H2,1H3. The first-order chi connectivity index (χ1) is 9.66. The van der Waals surface area contributed by atoms with Crippen molar-refractivity contribution in [2.75, 3.05) is 6.54 Å². The van der Waals surface area contributed by atoms with E-state index in [9.17, 15) is 8.78 Å². The average molecular weight is 282 g/mol. The van der Waals surface area contributed by atoms with Gasteiger partial charge in [0, 0.05) is 32.1 Å². The van der Waals surface area contributed by atoms with Gasteiger partial charge < -0.3 is 14.6 Å². The highest BCUT2D eigenvalue weighted by atomic mass is 19.3. The molecule has 0 spiro atoms. The fourth-order valence-electron chi connectivity index (χ4n) is 1.82. The monoisotopic (exact) mass is 282 g/mol. The van der Waals surface area contributed by atoms with E-state index in [1.54, 1.807) is 24.5 Å². The SMILES string of the molecule is Cn1cnnc1CCNCc1ccccc1OC(F)F. The lowest BCUT2D eigenvalue weighted by Gasteiger charge is -2.11. The summed E-state index contributed by atoms with van der Waals surface area (Å²) in [6.45, 7) is -1.68. The largest absolute Gasteiger partial charge is 0.434 e. The van der Waals surface area contributed by atoms with Crippen molar-refractivity contribution >= 4 is 0 Å². The van der Waals surface area contributed by atoms with E-state index in [0.29, 0.717) is 25.1 Å². The van der Waals surface area contributed by atoms with Gasteiger partial charge in [0.15, 0.2) is 0 Å². The second kappa shape index (κ2) is 6.95. The Morgan fingerprint density at radius 1 is 1.35 bits per heavy atom. The number of para-hydroxylation sites is 1. The molecule has 5 nitrogen and oxygen atoms in total. The van der Waals surface area contributed by atoms with Gasteiger partial charge in [0.2, 0.25) is 0 Å². The van der Waals surface area contributed by atoms with Gasteiger partial charge in [-0.1, -0.05) is 18.2 Å². The van der Waals surface area contributed by atoms with E-state index in [2.05, 4.69) is 20.3 Å². The molecule has 0 saturated heterocycles. The van der Waals surface area contributed by atoms with Crippen LogP contribution in [0.3, 0.4) is 0 Å². The number of hydrogen-bond donors (Lipinski definition) is 1. The van der Waals surface area contributed by atoms with Crippen LogP contribution in [0.1, 0.15) is 11.4 Å². The highest BCUT2D eigenvalue weighted by Crippen LogP contribution is 2.19. The number of nitrogens with zero attached hydrogens (tertiary/aromatic N) is 3. The molecule has 2 rings (SSSR count). The van der Waals surface area contributed by atoms with Crippen LogP contribution in [0.15, 0.2) is 30.6 Å². The molecule has 108 valence electrons. The molecular formula is C13H16F2N4O. The van der Waals surface area contributed by atoms with E-state index in [4.69, 9.17) is 0 Å². The minimum atomic E-state index is -2.81. The van der Waals surface area contributed by atoms with Crippen molar-refractivity contribution in [1.82, 2.24) is 20.1 Å². The van der Waals surface area contributed by atoms with Crippen LogP contribution in [0.2, 0.25) is 0 Å². The Kier molecular flexibility index (Phi) is 5.00. The minimum absolute atomic E-state index is 0.202.